The van der Waals surface area contributed by atoms with Gasteiger partial charge in [-0.25, -0.2) is 0 Å². The predicted molar refractivity (Wildman–Crippen MR) is 36.6 cm³/mol. The molecule has 0 aromatic rings. The van der Waals surface area contributed by atoms with Crippen LogP contribution in [0.3, 0.4) is 0 Å². The molecule has 0 aliphatic heterocycles. The van der Waals surface area contributed by atoms with Crippen LogP contribution in [0, 0.1) is 0 Å². The van der Waals surface area contributed by atoms with E-state index in [1.807, 2.05) is 13.8 Å². The molecule has 0 rings (SSSR count). The van der Waals surface area contributed by atoms with Gasteiger partial charge in [0.25, 0.3) is 0 Å². The summed E-state index contributed by atoms with van der Waals surface area (Å²) in [6.07, 6.45) is 0. The summed E-state index contributed by atoms with van der Waals surface area (Å²) in [5.41, 5.74) is 11.6. The molecule has 0 radical (unpaired) electrons. The summed E-state index contributed by atoms with van der Waals surface area (Å²) in [6.45, 7) is 3.86. The zero-order valence-corrected chi connectivity index (χ0v) is 5.77. The fourth-order valence-electron chi connectivity index (χ4n) is 0.551. The van der Waals surface area contributed by atoms with Gasteiger partial charge in [0.2, 0.25) is 5.91 Å². The Balaban J connectivity index is 4.35. The van der Waals surface area contributed by atoms with E-state index >= 15 is 0 Å². The highest BCUT2D eigenvalue weighted by molar-refractivity contribution is 5.92. The lowest BCUT2D eigenvalue weighted by atomic mass is 10.1. The van der Waals surface area contributed by atoms with Crippen LogP contribution in [0.4, 0.5) is 0 Å². The molecule has 9 heavy (non-hydrogen) atoms. The molecule has 4 N–H and O–H groups in total. The van der Waals surface area contributed by atoms with E-state index in [0.717, 1.165) is 5.57 Å². The lowest BCUT2D eigenvalue weighted by Crippen LogP contribution is -2.21. The predicted octanol–water partition coefficient (Wildman–Crippen LogP) is -0.233. The second kappa shape index (κ2) is 3.25. The average molecular weight is 128 g/mol. The molecular weight excluding hydrogens is 116 g/mol. The van der Waals surface area contributed by atoms with E-state index in [0.29, 0.717) is 5.57 Å². The van der Waals surface area contributed by atoms with Gasteiger partial charge in [0, 0.05) is 12.1 Å². The Bertz CT molecular complexity index is 145. The molecule has 0 heterocycles. The van der Waals surface area contributed by atoms with Gasteiger partial charge >= 0.3 is 0 Å². The van der Waals surface area contributed by atoms with Crippen LogP contribution in [0.15, 0.2) is 11.1 Å². The van der Waals surface area contributed by atoms with Crippen molar-refractivity contribution in [3.05, 3.63) is 11.1 Å². The van der Waals surface area contributed by atoms with Crippen molar-refractivity contribution < 1.29 is 4.79 Å². The van der Waals surface area contributed by atoms with Crippen molar-refractivity contribution in [1.29, 1.82) is 0 Å². The molecular formula is C6H12N2O. The second-order valence-corrected chi connectivity index (χ2v) is 2.05. The monoisotopic (exact) mass is 128 g/mol. The quantitative estimate of drug-likeness (QED) is 0.504. The zero-order valence-electron chi connectivity index (χ0n) is 5.77. The van der Waals surface area contributed by atoms with Crippen LogP contribution in [0.2, 0.25) is 0 Å². The molecule has 0 saturated carbocycles. The van der Waals surface area contributed by atoms with Gasteiger partial charge in [-0.15, -0.1) is 0 Å². The summed E-state index contributed by atoms with van der Waals surface area (Å²) in [6, 6.07) is 0. The first-order valence-electron chi connectivity index (χ1n) is 2.75. The molecule has 0 fully saturated rings. The zero-order chi connectivity index (χ0) is 7.44. The molecule has 0 unspecified atom stereocenters. The molecule has 0 aromatic carbocycles. The van der Waals surface area contributed by atoms with E-state index in [9.17, 15) is 4.79 Å². The molecule has 0 aromatic heterocycles. The van der Waals surface area contributed by atoms with Gasteiger partial charge in [-0.1, -0.05) is 5.57 Å². The topological polar surface area (TPSA) is 69.1 Å². The van der Waals surface area contributed by atoms with E-state index in [1.165, 1.54) is 0 Å². The van der Waals surface area contributed by atoms with Crippen LogP contribution in [-0.2, 0) is 4.79 Å². The van der Waals surface area contributed by atoms with Crippen molar-refractivity contribution in [2.45, 2.75) is 13.8 Å². The SMILES string of the molecule is CC(C)=C(CN)C(N)=O. The first kappa shape index (κ1) is 8.17. The molecule has 0 aliphatic carbocycles. The van der Waals surface area contributed by atoms with E-state index in [1.54, 1.807) is 0 Å². The molecule has 0 bridgehead atoms. The molecule has 1 amide bonds. The first-order chi connectivity index (χ1) is 4.09. The maximum absolute atomic E-state index is 10.5. The van der Waals surface area contributed by atoms with Crippen LogP contribution < -0.4 is 11.5 Å². The number of carbonyl (C=O) groups is 1. The van der Waals surface area contributed by atoms with Crippen LogP contribution in [-0.4, -0.2) is 12.5 Å². The minimum absolute atomic E-state index is 0.234. The van der Waals surface area contributed by atoms with Gasteiger partial charge in [-0.3, -0.25) is 4.79 Å². The maximum atomic E-state index is 10.5. The highest BCUT2D eigenvalue weighted by Gasteiger charge is 2.02. The molecule has 0 atom stereocenters. The third kappa shape index (κ3) is 2.28. The molecule has 0 spiro atoms. The number of hydrogen-bond donors (Lipinski definition) is 2. The Kier molecular flexibility index (Phi) is 2.95. The molecule has 52 valence electrons. The molecule has 0 saturated heterocycles. The number of amides is 1. The summed E-state index contributed by atoms with van der Waals surface area (Å²) in [5, 5.41) is 0. The lowest BCUT2D eigenvalue weighted by Gasteiger charge is -1.99. The standard InChI is InChI=1S/C6H12N2O/c1-4(2)5(3-7)6(8)9/h3,7H2,1-2H3,(H2,8,9). The Morgan fingerprint density at radius 2 is 1.89 bits per heavy atom. The van der Waals surface area contributed by atoms with E-state index in [-0.39, 0.29) is 6.54 Å². The number of primary amides is 1. The highest BCUT2D eigenvalue weighted by Crippen LogP contribution is 1.98. The van der Waals surface area contributed by atoms with Crippen molar-refractivity contribution >= 4 is 5.91 Å². The van der Waals surface area contributed by atoms with Crippen LogP contribution >= 0.6 is 0 Å². The van der Waals surface area contributed by atoms with E-state index in [4.69, 9.17) is 11.5 Å². The van der Waals surface area contributed by atoms with Crippen molar-refractivity contribution in [3.63, 3.8) is 0 Å². The first-order valence-corrected chi connectivity index (χ1v) is 2.75. The van der Waals surface area contributed by atoms with Gasteiger partial charge in [0.1, 0.15) is 0 Å². The van der Waals surface area contributed by atoms with Crippen LogP contribution in [0.1, 0.15) is 13.8 Å². The van der Waals surface area contributed by atoms with Crippen molar-refractivity contribution in [2.75, 3.05) is 6.54 Å². The van der Waals surface area contributed by atoms with Gasteiger partial charge in [-0.05, 0) is 13.8 Å². The smallest absolute Gasteiger partial charge is 0.245 e. The number of hydrogen-bond acceptors (Lipinski definition) is 2. The van der Waals surface area contributed by atoms with E-state index < -0.39 is 5.91 Å². The summed E-state index contributed by atoms with van der Waals surface area (Å²) in [5.74, 6) is -0.419. The number of allylic oxidation sites excluding steroid dienone is 1. The average Bonchev–Trinajstić information content (AvgIpc) is 1.64. The summed E-state index contributed by atoms with van der Waals surface area (Å²) in [7, 11) is 0. The normalized spacial score (nSPS) is 8.78. The Hall–Kier alpha value is -0.830. The van der Waals surface area contributed by atoms with Crippen molar-refractivity contribution in [3.8, 4) is 0 Å². The highest BCUT2D eigenvalue weighted by atomic mass is 16.1. The van der Waals surface area contributed by atoms with Gasteiger partial charge in [-0.2, -0.15) is 0 Å². The minimum Gasteiger partial charge on any atom is -0.366 e. The Labute approximate surface area is 54.7 Å². The Morgan fingerprint density at radius 1 is 1.44 bits per heavy atom. The number of nitrogens with two attached hydrogens (primary N) is 2. The summed E-state index contributed by atoms with van der Waals surface area (Å²) >= 11 is 0. The number of rotatable bonds is 2. The molecule has 3 heteroatoms. The van der Waals surface area contributed by atoms with Crippen LogP contribution in [0.5, 0.6) is 0 Å². The fourth-order valence-corrected chi connectivity index (χ4v) is 0.551. The minimum atomic E-state index is -0.419. The largest absolute Gasteiger partial charge is 0.366 e. The van der Waals surface area contributed by atoms with Gasteiger partial charge in [0.15, 0.2) is 0 Å². The summed E-state index contributed by atoms with van der Waals surface area (Å²) in [4.78, 5) is 10.5. The maximum Gasteiger partial charge on any atom is 0.245 e. The second-order valence-electron chi connectivity index (χ2n) is 2.05. The van der Waals surface area contributed by atoms with Crippen molar-refractivity contribution in [2.24, 2.45) is 11.5 Å². The van der Waals surface area contributed by atoms with Crippen molar-refractivity contribution in [1.82, 2.24) is 0 Å². The lowest BCUT2D eigenvalue weighted by molar-refractivity contribution is -0.114. The van der Waals surface area contributed by atoms with Gasteiger partial charge < -0.3 is 11.5 Å². The van der Waals surface area contributed by atoms with Gasteiger partial charge in [0.05, 0.1) is 0 Å². The Morgan fingerprint density at radius 3 is 1.89 bits per heavy atom. The molecule has 3 nitrogen and oxygen atoms in total. The van der Waals surface area contributed by atoms with E-state index in [2.05, 4.69) is 0 Å². The number of carbonyl (C=O) groups excluding carboxylic acids is 1. The fraction of sp³-hybridized carbons (Fsp3) is 0.500. The van der Waals surface area contributed by atoms with Crippen LogP contribution in [0.25, 0.3) is 0 Å². The third-order valence-corrected chi connectivity index (χ3v) is 1.11. The third-order valence-electron chi connectivity index (χ3n) is 1.11. The summed E-state index contributed by atoms with van der Waals surface area (Å²) < 4.78 is 0. The molecule has 0 aliphatic rings.